The van der Waals surface area contributed by atoms with Crippen molar-refractivity contribution in [3.63, 3.8) is 0 Å². The third-order valence-electron chi connectivity index (χ3n) is 4.44. The SMILES string of the molecule is NC(=NC1CCCC1)N1CCN(c2ccccc2F)CC1. The van der Waals surface area contributed by atoms with Crippen molar-refractivity contribution in [1.29, 1.82) is 0 Å². The van der Waals surface area contributed by atoms with E-state index in [-0.39, 0.29) is 5.82 Å². The van der Waals surface area contributed by atoms with Crippen molar-refractivity contribution < 1.29 is 4.39 Å². The molecule has 0 radical (unpaired) electrons. The predicted molar refractivity (Wildman–Crippen MR) is 84.1 cm³/mol. The summed E-state index contributed by atoms with van der Waals surface area (Å²) in [4.78, 5) is 8.84. The van der Waals surface area contributed by atoms with E-state index >= 15 is 0 Å². The quantitative estimate of drug-likeness (QED) is 0.671. The van der Waals surface area contributed by atoms with Gasteiger partial charge in [0.1, 0.15) is 5.82 Å². The van der Waals surface area contributed by atoms with Gasteiger partial charge in [-0.15, -0.1) is 0 Å². The first-order valence-corrected chi connectivity index (χ1v) is 7.82. The second-order valence-electron chi connectivity index (χ2n) is 5.85. The lowest BCUT2D eigenvalue weighted by Gasteiger charge is -2.36. The predicted octanol–water partition coefficient (Wildman–Crippen LogP) is 2.21. The number of anilines is 1. The van der Waals surface area contributed by atoms with Crippen LogP contribution in [0.15, 0.2) is 29.3 Å². The van der Waals surface area contributed by atoms with E-state index in [9.17, 15) is 4.39 Å². The van der Waals surface area contributed by atoms with Crippen molar-refractivity contribution in [3.05, 3.63) is 30.1 Å². The van der Waals surface area contributed by atoms with Crippen LogP contribution in [-0.2, 0) is 0 Å². The lowest BCUT2D eigenvalue weighted by molar-refractivity contribution is 0.377. The summed E-state index contributed by atoms with van der Waals surface area (Å²) in [7, 11) is 0. The monoisotopic (exact) mass is 290 g/mol. The Balaban J connectivity index is 1.58. The van der Waals surface area contributed by atoms with E-state index in [1.165, 1.54) is 18.9 Å². The number of benzene rings is 1. The van der Waals surface area contributed by atoms with E-state index in [1.807, 2.05) is 12.1 Å². The van der Waals surface area contributed by atoms with Crippen LogP contribution in [0.2, 0.25) is 0 Å². The van der Waals surface area contributed by atoms with Crippen LogP contribution in [0.25, 0.3) is 0 Å². The van der Waals surface area contributed by atoms with Gasteiger partial charge in [0.25, 0.3) is 0 Å². The van der Waals surface area contributed by atoms with Gasteiger partial charge in [-0.2, -0.15) is 0 Å². The number of aliphatic imine (C=N–C) groups is 1. The van der Waals surface area contributed by atoms with Crippen molar-refractivity contribution in [1.82, 2.24) is 4.90 Å². The summed E-state index contributed by atoms with van der Waals surface area (Å²) in [6, 6.07) is 7.36. The summed E-state index contributed by atoms with van der Waals surface area (Å²) < 4.78 is 13.8. The van der Waals surface area contributed by atoms with Crippen LogP contribution in [-0.4, -0.2) is 43.1 Å². The highest BCUT2D eigenvalue weighted by atomic mass is 19.1. The van der Waals surface area contributed by atoms with Crippen molar-refractivity contribution in [3.8, 4) is 0 Å². The van der Waals surface area contributed by atoms with Crippen molar-refractivity contribution in [2.24, 2.45) is 10.7 Å². The minimum Gasteiger partial charge on any atom is -0.370 e. The lowest BCUT2D eigenvalue weighted by atomic mass is 10.2. The van der Waals surface area contributed by atoms with E-state index in [2.05, 4.69) is 14.8 Å². The molecule has 0 unspecified atom stereocenters. The van der Waals surface area contributed by atoms with E-state index < -0.39 is 0 Å². The smallest absolute Gasteiger partial charge is 0.191 e. The number of hydrogen-bond acceptors (Lipinski definition) is 2. The van der Waals surface area contributed by atoms with Crippen molar-refractivity contribution in [2.75, 3.05) is 31.1 Å². The maximum absolute atomic E-state index is 13.8. The third-order valence-corrected chi connectivity index (χ3v) is 4.44. The van der Waals surface area contributed by atoms with Gasteiger partial charge >= 0.3 is 0 Å². The molecule has 2 fully saturated rings. The number of para-hydroxylation sites is 1. The van der Waals surface area contributed by atoms with Gasteiger partial charge in [0, 0.05) is 26.2 Å². The van der Waals surface area contributed by atoms with Gasteiger partial charge in [-0.25, -0.2) is 9.38 Å². The molecule has 0 atom stereocenters. The molecule has 5 heteroatoms. The van der Waals surface area contributed by atoms with Gasteiger partial charge in [0.05, 0.1) is 11.7 Å². The van der Waals surface area contributed by atoms with Gasteiger partial charge in [0.2, 0.25) is 0 Å². The third kappa shape index (κ3) is 3.28. The zero-order valence-corrected chi connectivity index (χ0v) is 12.3. The zero-order chi connectivity index (χ0) is 14.7. The average Bonchev–Trinajstić information content (AvgIpc) is 3.01. The molecule has 1 aromatic carbocycles. The topological polar surface area (TPSA) is 44.9 Å². The van der Waals surface area contributed by atoms with Crippen molar-refractivity contribution >= 4 is 11.6 Å². The van der Waals surface area contributed by atoms with Crippen LogP contribution in [0.4, 0.5) is 10.1 Å². The summed E-state index contributed by atoms with van der Waals surface area (Å²) in [5.41, 5.74) is 6.81. The number of guanidine groups is 1. The molecule has 0 aromatic heterocycles. The molecule has 21 heavy (non-hydrogen) atoms. The molecule has 1 aliphatic carbocycles. The highest BCUT2D eigenvalue weighted by molar-refractivity contribution is 5.78. The Kier molecular flexibility index (Phi) is 4.27. The maximum Gasteiger partial charge on any atom is 0.191 e. The maximum atomic E-state index is 13.8. The molecule has 1 aromatic rings. The van der Waals surface area contributed by atoms with Gasteiger partial charge in [0.15, 0.2) is 5.96 Å². The molecule has 0 amide bonds. The summed E-state index contributed by atoms with van der Waals surface area (Å²) >= 11 is 0. The molecule has 1 heterocycles. The number of nitrogens with zero attached hydrogens (tertiary/aromatic N) is 3. The van der Waals surface area contributed by atoms with Gasteiger partial charge in [-0.1, -0.05) is 25.0 Å². The number of nitrogens with two attached hydrogens (primary N) is 1. The molecule has 0 spiro atoms. The normalized spacial score (nSPS) is 21.1. The molecule has 1 saturated heterocycles. The van der Waals surface area contributed by atoms with Gasteiger partial charge < -0.3 is 15.5 Å². The van der Waals surface area contributed by atoms with Crippen LogP contribution < -0.4 is 10.6 Å². The average molecular weight is 290 g/mol. The van der Waals surface area contributed by atoms with Crippen LogP contribution in [0.5, 0.6) is 0 Å². The number of rotatable bonds is 2. The molecule has 4 nitrogen and oxygen atoms in total. The molecule has 2 N–H and O–H groups in total. The Hall–Kier alpha value is -1.78. The highest BCUT2D eigenvalue weighted by Crippen LogP contribution is 2.22. The first kappa shape index (κ1) is 14.2. The summed E-state index contributed by atoms with van der Waals surface area (Å²) in [6.07, 6.45) is 4.86. The minimum atomic E-state index is -0.154. The first-order valence-electron chi connectivity index (χ1n) is 7.82. The molecule has 114 valence electrons. The minimum absolute atomic E-state index is 0.154. The summed E-state index contributed by atoms with van der Waals surface area (Å²) in [6.45, 7) is 3.16. The van der Waals surface area contributed by atoms with Crippen LogP contribution in [0, 0.1) is 5.82 Å². The molecular formula is C16H23FN4. The molecule has 0 bridgehead atoms. The van der Waals surface area contributed by atoms with Crippen molar-refractivity contribution in [2.45, 2.75) is 31.7 Å². The van der Waals surface area contributed by atoms with E-state index in [0.29, 0.717) is 17.7 Å². The Bertz CT molecular complexity index is 503. The van der Waals surface area contributed by atoms with Crippen LogP contribution >= 0.6 is 0 Å². The summed E-state index contributed by atoms with van der Waals surface area (Å²) in [5, 5.41) is 0. The van der Waals surface area contributed by atoms with Crippen LogP contribution in [0.1, 0.15) is 25.7 Å². The molecule has 3 rings (SSSR count). The molecule has 2 aliphatic rings. The van der Waals surface area contributed by atoms with Gasteiger partial charge in [-0.05, 0) is 25.0 Å². The molecule has 1 aliphatic heterocycles. The zero-order valence-electron chi connectivity index (χ0n) is 12.3. The second kappa shape index (κ2) is 6.33. The fraction of sp³-hybridized carbons (Fsp3) is 0.562. The van der Waals surface area contributed by atoms with Crippen LogP contribution in [0.3, 0.4) is 0 Å². The number of halogens is 1. The van der Waals surface area contributed by atoms with Gasteiger partial charge in [-0.3, -0.25) is 0 Å². The largest absolute Gasteiger partial charge is 0.370 e. The summed E-state index contributed by atoms with van der Waals surface area (Å²) in [5.74, 6) is 0.508. The van der Waals surface area contributed by atoms with E-state index in [4.69, 9.17) is 5.73 Å². The molecular weight excluding hydrogens is 267 g/mol. The Morgan fingerprint density at radius 1 is 1.10 bits per heavy atom. The highest BCUT2D eigenvalue weighted by Gasteiger charge is 2.21. The Labute approximate surface area is 125 Å². The van der Waals surface area contributed by atoms with E-state index in [0.717, 1.165) is 39.0 Å². The number of hydrogen-bond donors (Lipinski definition) is 1. The standard InChI is InChI=1S/C16H23FN4/c17-14-7-3-4-8-15(14)20-9-11-21(12-10-20)16(18)19-13-5-1-2-6-13/h3-4,7-8,13H,1-2,5-6,9-12H2,(H2,18,19). The Morgan fingerprint density at radius 3 is 2.43 bits per heavy atom. The Morgan fingerprint density at radius 2 is 1.76 bits per heavy atom. The first-order chi connectivity index (χ1) is 10.2. The lowest BCUT2D eigenvalue weighted by Crippen LogP contribution is -2.51. The van der Waals surface area contributed by atoms with E-state index in [1.54, 1.807) is 6.07 Å². The number of piperazine rings is 1. The fourth-order valence-electron chi connectivity index (χ4n) is 3.19. The second-order valence-corrected chi connectivity index (χ2v) is 5.85. The molecule has 1 saturated carbocycles. The fourth-order valence-corrected chi connectivity index (χ4v) is 3.19.